The first-order valence-electron chi connectivity index (χ1n) is 7.88. The third kappa shape index (κ3) is 2.56. The van der Waals surface area contributed by atoms with Crippen LogP contribution in [0.1, 0.15) is 59.3 Å². The first-order valence-corrected chi connectivity index (χ1v) is 7.88. The van der Waals surface area contributed by atoms with Crippen LogP contribution in [0.15, 0.2) is 0 Å². The molecule has 4 atom stereocenters. The van der Waals surface area contributed by atoms with Gasteiger partial charge in [0, 0.05) is 6.04 Å². The maximum Gasteiger partial charge on any atom is 0.241 e. The molecule has 20 heavy (non-hydrogen) atoms. The van der Waals surface area contributed by atoms with E-state index in [0.717, 1.165) is 32.1 Å². The first kappa shape index (κ1) is 15.3. The van der Waals surface area contributed by atoms with Crippen LogP contribution in [0.3, 0.4) is 0 Å². The molecule has 0 radical (unpaired) electrons. The quantitative estimate of drug-likeness (QED) is 0.842. The van der Waals surface area contributed by atoms with E-state index in [-0.39, 0.29) is 23.4 Å². The zero-order valence-corrected chi connectivity index (χ0v) is 12.9. The molecule has 0 spiro atoms. The van der Waals surface area contributed by atoms with Crippen molar-refractivity contribution in [2.75, 3.05) is 0 Å². The second kappa shape index (κ2) is 5.73. The van der Waals surface area contributed by atoms with E-state index in [9.17, 15) is 10.1 Å². The summed E-state index contributed by atoms with van der Waals surface area (Å²) < 4.78 is 0. The van der Waals surface area contributed by atoms with Crippen LogP contribution in [0.4, 0.5) is 0 Å². The molecule has 1 aliphatic heterocycles. The number of nitrogens with zero attached hydrogens (tertiary/aromatic N) is 2. The van der Waals surface area contributed by atoms with Crippen molar-refractivity contribution in [3.8, 4) is 6.07 Å². The molecule has 0 bridgehead atoms. The molecule has 0 aromatic carbocycles. The average Bonchev–Trinajstić information content (AvgIpc) is 2.73. The predicted octanol–water partition coefficient (Wildman–Crippen LogP) is 2.43. The minimum absolute atomic E-state index is 0.0159. The molecule has 1 amide bonds. The van der Waals surface area contributed by atoms with E-state index in [4.69, 9.17) is 5.73 Å². The molecule has 1 saturated carbocycles. The Hall–Kier alpha value is -1.08. The summed E-state index contributed by atoms with van der Waals surface area (Å²) in [5.41, 5.74) is 6.23. The van der Waals surface area contributed by atoms with Gasteiger partial charge in [0.05, 0.1) is 12.1 Å². The summed E-state index contributed by atoms with van der Waals surface area (Å²) in [6, 6.07) is 1.63. The number of amides is 1. The molecule has 2 fully saturated rings. The Morgan fingerprint density at radius 1 is 1.35 bits per heavy atom. The lowest BCUT2D eigenvalue weighted by Crippen LogP contribution is -2.55. The van der Waals surface area contributed by atoms with E-state index in [1.807, 2.05) is 6.92 Å². The second-order valence-corrected chi connectivity index (χ2v) is 7.04. The molecule has 2 rings (SSSR count). The molecule has 0 aromatic rings. The molecular weight excluding hydrogens is 250 g/mol. The zero-order chi connectivity index (χ0) is 14.9. The van der Waals surface area contributed by atoms with Gasteiger partial charge in [-0.05, 0) is 37.5 Å². The third-order valence-corrected chi connectivity index (χ3v) is 5.61. The van der Waals surface area contributed by atoms with Crippen molar-refractivity contribution < 1.29 is 4.79 Å². The molecule has 1 aliphatic carbocycles. The van der Waals surface area contributed by atoms with Crippen molar-refractivity contribution in [1.82, 2.24) is 4.90 Å². The summed E-state index contributed by atoms with van der Waals surface area (Å²) >= 11 is 0. The monoisotopic (exact) mass is 277 g/mol. The van der Waals surface area contributed by atoms with Crippen LogP contribution < -0.4 is 5.73 Å². The Balaban J connectivity index is 2.15. The molecule has 1 saturated heterocycles. The number of hydrogen-bond acceptors (Lipinski definition) is 3. The smallest absolute Gasteiger partial charge is 0.241 e. The second-order valence-electron chi connectivity index (χ2n) is 7.04. The van der Waals surface area contributed by atoms with Crippen LogP contribution in [0, 0.1) is 22.7 Å². The number of rotatable bonds is 2. The van der Waals surface area contributed by atoms with Crippen LogP contribution in [0.2, 0.25) is 0 Å². The van der Waals surface area contributed by atoms with Crippen molar-refractivity contribution in [3.63, 3.8) is 0 Å². The van der Waals surface area contributed by atoms with E-state index in [1.165, 1.54) is 6.42 Å². The van der Waals surface area contributed by atoms with E-state index in [0.29, 0.717) is 5.92 Å². The number of likely N-dealkylation sites (tertiary alicyclic amines) is 1. The van der Waals surface area contributed by atoms with Crippen LogP contribution in [0.25, 0.3) is 0 Å². The van der Waals surface area contributed by atoms with Crippen molar-refractivity contribution in [1.29, 1.82) is 5.26 Å². The largest absolute Gasteiger partial charge is 0.322 e. The number of nitriles is 1. The average molecular weight is 277 g/mol. The van der Waals surface area contributed by atoms with Gasteiger partial charge < -0.3 is 10.6 Å². The molecular formula is C16H27N3O. The van der Waals surface area contributed by atoms with Crippen molar-refractivity contribution >= 4 is 5.91 Å². The van der Waals surface area contributed by atoms with Crippen LogP contribution in [-0.4, -0.2) is 28.9 Å². The normalized spacial score (nSPS) is 34.5. The fourth-order valence-corrected chi connectivity index (χ4v) is 3.82. The summed E-state index contributed by atoms with van der Waals surface area (Å²) in [4.78, 5) is 14.6. The van der Waals surface area contributed by atoms with Gasteiger partial charge in [0.15, 0.2) is 0 Å². The molecule has 112 valence electrons. The Labute approximate surface area is 122 Å². The van der Waals surface area contributed by atoms with Gasteiger partial charge >= 0.3 is 0 Å². The molecule has 1 heterocycles. The summed E-state index contributed by atoms with van der Waals surface area (Å²) in [6.45, 7) is 6.28. The molecule has 2 N–H and O–H groups in total. The van der Waals surface area contributed by atoms with Gasteiger partial charge in [-0.2, -0.15) is 5.26 Å². The van der Waals surface area contributed by atoms with Crippen molar-refractivity contribution in [3.05, 3.63) is 0 Å². The highest BCUT2D eigenvalue weighted by atomic mass is 16.2. The summed E-state index contributed by atoms with van der Waals surface area (Å²) in [5.74, 6) is 0.354. The Morgan fingerprint density at radius 3 is 2.50 bits per heavy atom. The summed E-state index contributed by atoms with van der Waals surface area (Å²) in [6.07, 6.45) is 6.38. The molecule has 0 aromatic heterocycles. The highest BCUT2D eigenvalue weighted by Crippen LogP contribution is 2.40. The van der Waals surface area contributed by atoms with Crippen molar-refractivity contribution in [2.24, 2.45) is 17.1 Å². The number of carbonyl (C=O) groups is 1. The van der Waals surface area contributed by atoms with Gasteiger partial charge in [0.25, 0.3) is 0 Å². The lowest BCUT2D eigenvalue weighted by molar-refractivity contribution is -0.138. The first-order chi connectivity index (χ1) is 9.40. The van der Waals surface area contributed by atoms with Crippen LogP contribution in [0.5, 0.6) is 0 Å². The SMILES string of the molecule is C[C@H]1C[C@@H](C#N)N(C(=O)[C@@H](N)C2(C)CCCCC2)[C@H]1C. The summed E-state index contributed by atoms with van der Waals surface area (Å²) in [7, 11) is 0. The third-order valence-electron chi connectivity index (χ3n) is 5.61. The van der Waals surface area contributed by atoms with Gasteiger partial charge in [0.1, 0.15) is 6.04 Å². The predicted molar refractivity (Wildman–Crippen MR) is 78.7 cm³/mol. The van der Waals surface area contributed by atoms with Crippen LogP contribution >= 0.6 is 0 Å². The Morgan fingerprint density at radius 2 is 1.95 bits per heavy atom. The van der Waals surface area contributed by atoms with Gasteiger partial charge in [-0.15, -0.1) is 0 Å². The van der Waals surface area contributed by atoms with Gasteiger partial charge in [-0.1, -0.05) is 33.1 Å². The Kier molecular flexibility index (Phi) is 4.39. The number of hydrogen-bond donors (Lipinski definition) is 1. The lowest BCUT2D eigenvalue weighted by atomic mass is 9.70. The minimum Gasteiger partial charge on any atom is -0.322 e. The summed E-state index contributed by atoms with van der Waals surface area (Å²) in [5, 5.41) is 9.29. The van der Waals surface area contributed by atoms with E-state index < -0.39 is 6.04 Å². The fraction of sp³-hybridized carbons (Fsp3) is 0.875. The topological polar surface area (TPSA) is 70.1 Å². The van der Waals surface area contributed by atoms with Gasteiger partial charge in [-0.3, -0.25) is 4.79 Å². The molecule has 4 nitrogen and oxygen atoms in total. The standard InChI is InChI=1S/C16H27N3O/c1-11-9-13(10-17)19(12(11)2)15(20)14(18)16(3)7-5-4-6-8-16/h11-14H,4-9,18H2,1-3H3/t11-,12-,13-,14+/m0/s1. The van der Waals surface area contributed by atoms with Gasteiger partial charge in [-0.25, -0.2) is 0 Å². The number of nitrogens with two attached hydrogens (primary N) is 1. The fourth-order valence-electron chi connectivity index (χ4n) is 3.82. The number of carbonyl (C=O) groups excluding carboxylic acids is 1. The lowest BCUT2D eigenvalue weighted by Gasteiger charge is -2.40. The maximum absolute atomic E-state index is 12.8. The van der Waals surface area contributed by atoms with Crippen LogP contribution in [-0.2, 0) is 4.79 Å². The van der Waals surface area contributed by atoms with Gasteiger partial charge in [0.2, 0.25) is 5.91 Å². The highest BCUT2D eigenvalue weighted by Gasteiger charge is 2.45. The Bertz CT molecular complexity index is 408. The van der Waals surface area contributed by atoms with Crippen molar-refractivity contribution in [2.45, 2.75) is 77.4 Å². The molecule has 0 unspecified atom stereocenters. The maximum atomic E-state index is 12.8. The van der Waals surface area contributed by atoms with E-state index in [2.05, 4.69) is 19.9 Å². The molecule has 4 heteroatoms. The highest BCUT2D eigenvalue weighted by molar-refractivity contribution is 5.83. The minimum atomic E-state index is -0.466. The van der Waals surface area contributed by atoms with E-state index >= 15 is 0 Å². The van der Waals surface area contributed by atoms with E-state index in [1.54, 1.807) is 4.90 Å². The zero-order valence-electron chi connectivity index (χ0n) is 12.9. The molecule has 2 aliphatic rings.